The fourth-order valence-corrected chi connectivity index (χ4v) is 8.31. The highest BCUT2D eigenvalue weighted by Crippen LogP contribution is 2.52. The predicted octanol–water partition coefficient (Wildman–Crippen LogP) is 13.8. The Morgan fingerprint density at radius 2 is 1.06 bits per heavy atom. The predicted molar refractivity (Wildman–Crippen MR) is 214 cm³/mol. The molecule has 1 aromatic heterocycles. The van der Waals surface area contributed by atoms with Gasteiger partial charge in [-0.3, -0.25) is 0 Å². The maximum Gasteiger partial charge on any atom is 0.138 e. The third-order valence-corrected chi connectivity index (χ3v) is 10.8. The van der Waals surface area contributed by atoms with Crippen LogP contribution in [0.25, 0.3) is 66.1 Å². The molecule has 10 rings (SSSR count). The van der Waals surface area contributed by atoms with Crippen LogP contribution in [0.5, 0.6) is 0 Å². The van der Waals surface area contributed by atoms with Gasteiger partial charge in [0.15, 0.2) is 0 Å². The molecule has 0 radical (unpaired) electrons. The zero-order valence-electron chi connectivity index (χ0n) is 28.6. The minimum atomic E-state index is -0.134. The number of anilines is 3. The lowest BCUT2D eigenvalue weighted by Crippen LogP contribution is -2.16. The molecule has 0 saturated heterocycles. The molecule has 0 spiro atoms. The van der Waals surface area contributed by atoms with Gasteiger partial charge < -0.3 is 9.32 Å². The Balaban J connectivity index is 1.28. The second kappa shape index (κ2) is 11.3. The molecule has 0 atom stereocenters. The van der Waals surface area contributed by atoms with E-state index in [9.17, 15) is 0 Å². The SMILES string of the molecule is CC1(C)c2ccccc2-c2ccc(N(c3ccc(-c4ccccc4)cc3)c3cc(-c4ccccc4)cc4oc5ccc6ccccc6c5c34)cc21. The minimum Gasteiger partial charge on any atom is -0.456 e. The van der Waals surface area contributed by atoms with Crippen LogP contribution in [0.1, 0.15) is 25.0 Å². The zero-order chi connectivity index (χ0) is 34.1. The number of hydrogen-bond acceptors (Lipinski definition) is 2. The van der Waals surface area contributed by atoms with Crippen molar-refractivity contribution in [2.45, 2.75) is 19.3 Å². The molecule has 0 fully saturated rings. The molecular weight excluding hydrogens is 619 g/mol. The molecule has 9 aromatic rings. The lowest BCUT2D eigenvalue weighted by atomic mass is 9.82. The Bertz CT molecular complexity index is 2760. The summed E-state index contributed by atoms with van der Waals surface area (Å²) in [5.74, 6) is 0. The Morgan fingerprint density at radius 3 is 1.84 bits per heavy atom. The van der Waals surface area contributed by atoms with Crippen LogP contribution in [0.4, 0.5) is 17.1 Å². The standard InChI is InChI=1S/C49H35NO/c1-49(2)42-20-12-11-19-40(42)41-27-26-38(31-43(41)49)50(37-24-21-34(22-25-37)32-13-5-3-6-14-32)44-29-36(33-15-7-4-8-16-33)30-46-48(44)47-39-18-10-9-17-35(39)23-28-45(47)51-46/h3-31H,1-2H3. The molecule has 0 aliphatic heterocycles. The van der Waals surface area contributed by atoms with E-state index in [4.69, 9.17) is 4.42 Å². The molecule has 2 heteroatoms. The van der Waals surface area contributed by atoms with Gasteiger partial charge in [-0.15, -0.1) is 0 Å². The van der Waals surface area contributed by atoms with Crippen molar-refractivity contribution in [1.82, 2.24) is 0 Å². The Hall–Kier alpha value is -6.38. The maximum absolute atomic E-state index is 6.78. The summed E-state index contributed by atoms with van der Waals surface area (Å²) in [7, 11) is 0. The number of fused-ring (bicyclic) bond motifs is 8. The summed E-state index contributed by atoms with van der Waals surface area (Å²) >= 11 is 0. The van der Waals surface area contributed by atoms with Crippen molar-refractivity contribution in [2.75, 3.05) is 4.90 Å². The first kappa shape index (κ1) is 29.5. The van der Waals surface area contributed by atoms with Gasteiger partial charge in [0.1, 0.15) is 11.2 Å². The van der Waals surface area contributed by atoms with Crippen LogP contribution in [-0.2, 0) is 5.41 Å². The van der Waals surface area contributed by atoms with Crippen LogP contribution in [0.3, 0.4) is 0 Å². The summed E-state index contributed by atoms with van der Waals surface area (Å²) in [4.78, 5) is 2.44. The van der Waals surface area contributed by atoms with Crippen molar-refractivity contribution >= 4 is 49.8 Å². The fourth-order valence-electron chi connectivity index (χ4n) is 8.31. The van der Waals surface area contributed by atoms with Gasteiger partial charge in [0.2, 0.25) is 0 Å². The number of nitrogens with zero attached hydrogens (tertiary/aromatic N) is 1. The maximum atomic E-state index is 6.78. The van der Waals surface area contributed by atoms with Crippen LogP contribution >= 0.6 is 0 Å². The van der Waals surface area contributed by atoms with Crippen LogP contribution in [-0.4, -0.2) is 0 Å². The van der Waals surface area contributed by atoms with Gasteiger partial charge in [-0.1, -0.05) is 147 Å². The van der Waals surface area contributed by atoms with Crippen LogP contribution in [0, 0.1) is 0 Å². The second-order valence-electron chi connectivity index (χ2n) is 14.1. The van der Waals surface area contributed by atoms with Gasteiger partial charge in [0.05, 0.1) is 11.1 Å². The highest BCUT2D eigenvalue weighted by Gasteiger charge is 2.36. The summed E-state index contributed by atoms with van der Waals surface area (Å²) in [6.45, 7) is 4.70. The molecule has 0 bridgehead atoms. The first-order chi connectivity index (χ1) is 25.0. The molecule has 51 heavy (non-hydrogen) atoms. The average molecular weight is 654 g/mol. The summed E-state index contributed by atoms with van der Waals surface area (Å²) in [5.41, 5.74) is 14.9. The molecule has 1 heterocycles. The average Bonchev–Trinajstić information content (AvgIpc) is 3.68. The Kier molecular flexibility index (Phi) is 6.56. The number of benzene rings is 8. The molecule has 0 saturated carbocycles. The lowest BCUT2D eigenvalue weighted by molar-refractivity contribution is 0.660. The van der Waals surface area contributed by atoms with Crippen molar-refractivity contribution in [3.8, 4) is 33.4 Å². The zero-order valence-corrected chi connectivity index (χ0v) is 28.6. The monoisotopic (exact) mass is 653 g/mol. The molecular formula is C49H35NO. The summed E-state index contributed by atoms with van der Waals surface area (Å²) in [6, 6.07) is 63.6. The van der Waals surface area contributed by atoms with Crippen molar-refractivity contribution in [3.05, 3.63) is 187 Å². The van der Waals surface area contributed by atoms with E-state index in [1.54, 1.807) is 0 Å². The Morgan fingerprint density at radius 1 is 0.431 bits per heavy atom. The van der Waals surface area contributed by atoms with Gasteiger partial charge in [0, 0.05) is 22.2 Å². The third kappa shape index (κ3) is 4.64. The molecule has 1 aliphatic rings. The minimum absolute atomic E-state index is 0.134. The van der Waals surface area contributed by atoms with E-state index in [2.05, 4.69) is 195 Å². The van der Waals surface area contributed by atoms with Gasteiger partial charge in [-0.25, -0.2) is 0 Å². The molecule has 0 amide bonds. The largest absolute Gasteiger partial charge is 0.456 e. The molecule has 242 valence electrons. The van der Waals surface area contributed by atoms with E-state index in [-0.39, 0.29) is 5.41 Å². The first-order valence-electron chi connectivity index (χ1n) is 17.7. The second-order valence-corrected chi connectivity index (χ2v) is 14.1. The summed E-state index contributed by atoms with van der Waals surface area (Å²) in [5, 5.41) is 4.63. The Labute approximate surface area is 297 Å². The lowest BCUT2D eigenvalue weighted by Gasteiger charge is -2.29. The molecule has 8 aromatic carbocycles. The first-order valence-corrected chi connectivity index (χ1v) is 17.7. The number of furan rings is 1. The van der Waals surface area contributed by atoms with Gasteiger partial charge in [0.25, 0.3) is 0 Å². The van der Waals surface area contributed by atoms with E-state index in [0.29, 0.717) is 0 Å². The van der Waals surface area contributed by atoms with Crippen molar-refractivity contribution in [2.24, 2.45) is 0 Å². The highest BCUT2D eigenvalue weighted by atomic mass is 16.3. The number of rotatable bonds is 5. The van der Waals surface area contributed by atoms with Crippen molar-refractivity contribution in [1.29, 1.82) is 0 Å². The molecule has 0 unspecified atom stereocenters. The van der Waals surface area contributed by atoms with Crippen molar-refractivity contribution < 1.29 is 4.42 Å². The molecule has 0 N–H and O–H groups in total. The van der Waals surface area contributed by atoms with Gasteiger partial charge in [-0.2, -0.15) is 0 Å². The van der Waals surface area contributed by atoms with Crippen LogP contribution in [0.15, 0.2) is 180 Å². The number of hydrogen-bond donors (Lipinski definition) is 0. The van der Waals surface area contributed by atoms with Gasteiger partial charge >= 0.3 is 0 Å². The van der Waals surface area contributed by atoms with E-state index < -0.39 is 0 Å². The van der Waals surface area contributed by atoms with E-state index >= 15 is 0 Å². The van der Waals surface area contributed by atoms with Gasteiger partial charge in [-0.05, 0) is 97.7 Å². The molecule has 1 aliphatic carbocycles. The normalized spacial score (nSPS) is 13.1. The van der Waals surface area contributed by atoms with Crippen LogP contribution < -0.4 is 4.90 Å². The summed E-state index contributed by atoms with van der Waals surface area (Å²) < 4.78 is 6.78. The smallest absolute Gasteiger partial charge is 0.138 e. The highest BCUT2D eigenvalue weighted by molar-refractivity contribution is 6.23. The van der Waals surface area contributed by atoms with E-state index in [0.717, 1.165) is 50.1 Å². The van der Waals surface area contributed by atoms with Crippen molar-refractivity contribution in [3.63, 3.8) is 0 Å². The fraction of sp³-hybridized carbons (Fsp3) is 0.0612. The molecule has 2 nitrogen and oxygen atoms in total. The van der Waals surface area contributed by atoms with Crippen LogP contribution in [0.2, 0.25) is 0 Å². The summed E-state index contributed by atoms with van der Waals surface area (Å²) in [6.07, 6.45) is 0. The van der Waals surface area contributed by atoms with E-state index in [1.807, 2.05) is 0 Å². The quantitative estimate of drug-likeness (QED) is 0.184. The van der Waals surface area contributed by atoms with E-state index in [1.165, 1.54) is 44.2 Å². The topological polar surface area (TPSA) is 16.4 Å². The third-order valence-electron chi connectivity index (χ3n) is 10.8.